The van der Waals surface area contributed by atoms with Gasteiger partial charge in [-0.25, -0.2) is 4.79 Å². The molecule has 0 saturated heterocycles. The molecule has 0 aliphatic rings. The van der Waals surface area contributed by atoms with E-state index in [1.807, 2.05) is 0 Å². The number of hydrogen-bond acceptors (Lipinski definition) is 4. The summed E-state index contributed by atoms with van der Waals surface area (Å²) in [5, 5.41) is 17.5. The first kappa shape index (κ1) is 15.0. The molecule has 77 valence electrons. The number of carboxylic acid groups (broad SMARTS) is 1. The summed E-state index contributed by atoms with van der Waals surface area (Å²) in [6.45, 7) is 0. The van der Waals surface area contributed by atoms with Crippen molar-refractivity contribution in [2.45, 2.75) is 4.90 Å². The van der Waals surface area contributed by atoms with E-state index >= 15 is 0 Å². The fraction of sp³-hybridized carbons (Fsp3) is 0. The van der Waals surface area contributed by atoms with Crippen molar-refractivity contribution in [2.24, 2.45) is 0 Å². The summed E-state index contributed by atoms with van der Waals surface area (Å²) in [4.78, 5) is 9.89. The van der Waals surface area contributed by atoms with Crippen LogP contribution in [0.15, 0.2) is 23.1 Å². The van der Waals surface area contributed by atoms with E-state index < -0.39 is 32.3 Å². The zero-order chi connectivity index (χ0) is 10.9. The molecular formula is C7H6KO6S. The second-order valence-electron chi connectivity index (χ2n) is 2.46. The smallest absolute Gasteiger partial charge is 0.339 e. The van der Waals surface area contributed by atoms with Crippen molar-refractivity contribution in [1.29, 1.82) is 0 Å². The largest absolute Gasteiger partial charge is 0.507 e. The Hall–Kier alpha value is 0.0364. The van der Waals surface area contributed by atoms with Gasteiger partial charge in [-0.2, -0.15) is 8.42 Å². The van der Waals surface area contributed by atoms with Gasteiger partial charge in [0.2, 0.25) is 0 Å². The summed E-state index contributed by atoms with van der Waals surface area (Å²) in [5.74, 6) is -2.04. The molecule has 0 spiro atoms. The number of carbonyl (C=O) groups is 1. The van der Waals surface area contributed by atoms with Crippen molar-refractivity contribution in [3.63, 3.8) is 0 Å². The number of benzene rings is 1. The summed E-state index contributed by atoms with van der Waals surface area (Å²) in [5.41, 5.74) is -0.583. The van der Waals surface area contributed by atoms with Crippen LogP contribution in [0.25, 0.3) is 0 Å². The molecule has 1 aromatic carbocycles. The molecular weight excluding hydrogens is 251 g/mol. The van der Waals surface area contributed by atoms with Gasteiger partial charge >= 0.3 is 5.97 Å². The molecule has 8 heteroatoms. The molecule has 1 rings (SSSR count). The Balaban J connectivity index is 0.00000196. The third kappa shape index (κ3) is 3.83. The van der Waals surface area contributed by atoms with Crippen molar-refractivity contribution >= 4 is 67.5 Å². The maximum Gasteiger partial charge on any atom is 0.339 e. The molecule has 0 atom stereocenters. The van der Waals surface area contributed by atoms with Gasteiger partial charge in [-0.05, 0) is 18.2 Å². The third-order valence-corrected chi connectivity index (χ3v) is 2.35. The maximum atomic E-state index is 10.6. The molecule has 0 aliphatic carbocycles. The summed E-state index contributed by atoms with van der Waals surface area (Å²) in [6, 6.07) is 2.46. The zero-order valence-corrected chi connectivity index (χ0v) is 11.6. The number of aromatic hydroxyl groups is 1. The van der Waals surface area contributed by atoms with E-state index in [4.69, 9.17) is 14.8 Å². The van der Waals surface area contributed by atoms with Crippen molar-refractivity contribution in [3.8, 4) is 5.75 Å². The number of carboxylic acids is 1. The predicted molar refractivity (Wildman–Crippen MR) is 50.6 cm³/mol. The normalized spacial score (nSPS) is 10.5. The van der Waals surface area contributed by atoms with Crippen molar-refractivity contribution in [2.75, 3.05) is 0 Å². The van der Waals surface area contributed by atoms with Crippen LogP contribution in [0, 0.1) is 0 Å². The SMILES string of the molecule is O=C(O)c1cc(S(=O)(=O)O)ccc1O.[K]. The minimum Gasteiger partial charge on any atom is -0.507 e. The van der Waals surface area contributed by atoms with Gasteiger partial charge in [0.15, 0.2) is 0 Å². The first-order chi connectivity index (χ1) is 6.32. The van der Waals surface area contributed by atoms with Gasteiger partial charge in [0.25, 0.3) is 10.1 Å². The Kier molecular flexibility index (Phi) is 5.40. The van der Waals surface area contributed by atoms with Gasteiger partial charge in [0, 0.05) is 51.4 Å². The standard InChI is InChI=1S/C7H6O6S.K/c8-6-2-1-4(14(11,12)13)3-5(6)7(9)10;/h1-3,8H,(H,9,10)(H,11,12,13);. The van der Waals surface area contributed by atoms with Gasteiger partial charge in [-0.3, -0.25) is 4.55 Å². The first-order valence-corrected chi connectivity index (χ1v) is 4.80. The second kappa shape index (κ2) is 5.39. The quantitative estimate of drug-likeness (QED) is 0.506. The average Bonchev–Trinajstić information content (AvgIpc) is 2.02. The molecule has 0 saturated carbocycles. The first-order valence-electron chi connectivity index (χ1n) is 3.36. The van der Waals surface area contributed by atoms with Crippen LogP contribution in [-0.4, -0.2) is 80.5 Å². The minimum atomic E-state index is -4.45. The molecule has 0 unspecified atom stereocenters. The molecule has 6 nitrogen and oxygen atoms in total. The van der Waals surface area contributed by atoms with E-state index in [1.54, 1.807) is 0 Å². The Morgan fingerprint density at radius 2 is 1.80 bits per heavy atom. The Morgan fingerprint density at radius 3 is 2.20 bits per heavy atom. The average molecular weight is 257 g/mol. The van der Waals surface area contributed by atoms with Gasteiger partial charge in [0.05, 0.1) is 4.90 Å². The molecule has 0 aromatic heterocycles. The summed E-state index contributed by atoms with van der Waals surface area (Å²) < 4.78 is 29.8. The third-order valence-electron chi connectivity index (χ3n) is 1.50. The van der Waals surface area contributed by atoms with Crippen LogP contribution in [0.4, 0.5) is 0 Å². The fourth-order valence-corrected chi connectivity index (χ4v) is 1.35. The number of rotatable bonds is 2. The number of phenols is 1. The monoisotopic (exact) mass is 257 g/mol. The number of aromatic carboxylic acids is 1. The molecule has 1 aromatic rings. The topological polar surface area (TPSA) is 112 Å². The summed E-state index contributed by atoms with van der Waals surface area (Å²) >= 11 is 0. The van der Waals surface area contributed by atoms with Crippen LogP contribution in [-0.2, 0) is 10.1 Å². The van der Waals surface area contributed by atoms with Gasteiger partial charge in [0.1, 0.15) is 11.3 Å². The molecule has 1 radical (unpaired) electrons. The molecule has 0 fully saturated rings. The second-order valence-corrected chi connectivity index (χ2v) is 3.88. The van der Waals surface area contributed by atoms with E-state index in [9.17, 15) is 13.2 Å². The molecule has 3 N–H and O–H groups in total. The van der Waals surface area contributed by atoms with Crippen LogP contribution >= 0.6 is 0 Å². The van der Waals surface area contributed by atoms with E-state index in [1.165, 1.54) is 0 Å². The van der Waals surface area contributed by atoms with E-state index in [0.29, 0.717) is 6.07 Å². The van der Waals surface area contributed by atoms with Crippen molar-refractivity contribution in [1.82, 2.24) is 0 Å². The molecule has 0 heterocycles. The number of hydrogen-bond donors (Lipinski definition) is 3. The van der Waals surface area contributed by atoms with Crippen LogP contribution in [0.3, 0.4) is 0 Å². The molecule has 0 bridgehead atoms. The van der Waals surface area contributed by atoms with Crippen LogP contribution in [0.5, 0.6) is 5.75 Å². The van der Waals surface area contributed by atoms with Gasteiger partial charge in [-0.15, -0.1) is 0 Å². The Bertz CT molecular complexity index is 480. The van der Waals surface area contributed by atoms with Crippen molar-refractivity contribution < 1.29 is 28.0 Å². The maximum absolute atomic E-state index is 10.6. The predicted octanol–water partition coefficient (Wildman–Crippen LogP) is -0.0437. The van der Waals surface area contributed by atoms with E-state index in [-0.39, 0.29) is 51.4 Å². The molecule has 0 amide bonds. The molecule has 0 aliphatic heterocycles. The molecule has 15 heavy (non-hydrogen) atoms. The summed E-state index contributed by atoms with van der Waals surface area (Å²) in [6.07, 6.45) is 0. The van der Waals surface area contributed by atoms with Crippen LogP contribution in [0.2, 0.25) is 0 Å². The van der Waals surface area contributed by atoms with E-state index in [2.05, 4.69) is 0 Å². The Labute approximate surface area is 128 Å². The zero-order valence-electron chi connectivity index (χ0n) is 7.71. The van der Waals surface area contributed by atoms with Crippen LogP contribution < -0.4 is 0 Å². The minimum absolute atomic E-state index is 0. The van der Waals surface area contributed by atoms with Crippen LogP contribution in [0.1, 0.15) is 10.4 Å². The van der Waals surface area contributed by atoms with Gasteiger partial charge in [-0.1, -0.05) is 0 Å². The fourth-order valence-electron chi connectivity index (χ4n) is 0.847. The van der Waals surface area contributed by atoms with E-state index in [0.717, 1.165) is 12.1 Å². The summed E-state index contributed by atoms with van der Waals surface area (Å²) in [7, 11) is -4.45. The van der Waals surface area contributed by atoms with Gasteiger partial charge < -0.3 is 10.2 Å². The van der Waals surface area contributed by atoms with Crippen molar-refractivity contribution in [3.05, 3.63) is 23.8 Å². The Morgan fingerprint density at radius 1 is 1.27 bits per heavy atom.